The minimum absolute atomic E-state index is 0.0917. The fourth-order valence-corrected chi connectivity index (χ4v) is 3.58. The van der Waals surface area contributed by atoms with Crippen LogP contribution in [0.3, 0.4) is 0 Å². The molecule has 2 heterocycles. The van der Waals surface area contributed by atoms with Crippen molar-refractivity contribution in [1.82, 2.24) is 10.2 Å². The van der Waals surface area contributed by atoms with E-state index in [1.165, 1.54) is 0 Å². The predicted octanol–water partition coefficient (Wildman–Crippen LogP) is 0.286. The zero-order chi connectivity index (χ0) is 10.9. The van der Waals surface area contributed by atoms with Crippen LogP contribution in [-0.2, 0) is 9.53 Å². The maximum absolute atomic E-state index is 11.8. The quantitative estimate of drug-likeness (QED) is 0.740. The van der Waals surface area contributed by atoms with Crippen LogP contribution >= 0.6 is 11.8 Å². The Kier molecular flexibility index (Phi) is 3.23. The van der Waals surface area contributed by atoms with Crippen LogP contribution in [0.4, 0.5) is 0 Å². The molecule has 1 N–H and O–H groups in total. The number of ether oxygens (including phenoxy) is 1. The van der Waals surface area contributed by atoms with Crippen molar-refractivity contribution in [3.8, 4) is 0 Å². The van der Waals surface area contributed by atoms with Gasteiger partial charge in [-0.1, -0.05) is 0 Å². The first-order chi connectivity index (χ1) is 7.19. The largest absolute Gasteiger partial charge is 0.383 e. The molecule has 2 aliphatic heterocycles. The number of hydrogen-bond acceptors (Lipinski definition) is 4. The van der Waals surface area contributed by atoms with Gasteiger partial charge in [-0.15, -0.1) is 0 Å². The normalized spacial score (nSPS) is 30.8. The number of methoxy groups -OCH3 is 1. The third-order valence-electron chi connectivity index (χ3n) is 3.45. The molecule has 5 heteroatoms. The number of nitrogens with one attached hydrogen (secondary N) is 1. The first-order valence-electron chi connectivity index (χ1n) is 5.31. The molecule has 86 valence electrons. The molecule has 15 heavy (non-hydrogen) atoms. The van der Waals surface area contributed by atoms with Gasteiger partial charge < -0.3 is 10.1 Å². The summed E-state index contributed by atoms with van der Waals surface area (Å²) < 4.78 is 5.09. The molecule has 0 saturated carbocycles. The van der Waals surface area contributed by atoms with Crippen molar-refractivity contribution in [3.05, 3.63) is 0 Å². The highest BCUT2D eigenvalue weighted by molar-refractivity contribution is 7.99. The summed E-state index contributed by atoms with van der Waals surface area (Å²) in [7, 11) is 3.67. The average molecular weight is 230 g/mol. The summed E-state index contributed by atoms with van der Waals surface area (Å²) in [5.74, 6) is 2.38. The van der Waals surface area contributed by atoms with Gasteiger partial charge in [0.05, 0.1) is 12.3 Å². The van der Waals surface area contributed by atoms with E-state index in [-0.39, 0.29) is 17.6 Å². The van der Waals surface area contributed by atoms with Crippen LogP contribution in [0.25, 0.3) is 0 Å². The van der Waals surface area contributed by atoms with Crippen LogP contribution < -0.4 is 5.32 Å². The molecule has 0 aromatic rings. The number of rotatable bonds is 2. The van der Waals surface area contributed by atoms with E-state index in [4.69, 9.17) is 4.74 Å². The Hall–Kier alpha value is -0.260. The minimum atomic E-state index is -0.113. The second-order valence-corrected chi connectivity index (χ2v) is 5.44. The van der Waals surface area contributed by atoms with Gasteiger partial charge in [0.1, 0.15) is 6.04 Å². The van der Waals surface area contributed by atoms with E-state index in [0.717, 1.165) is 24.3 Å². The molecule has 0 aliphatic carbocycles. The van der Waals surface area contributed by atoms with Gasteiger partial charge in [0.15, 0.2) is 0 Å². The van der Waals surface area contributed by atoms with Gasteiger partial charge in [0.2, 0.25) is 5.91 Å². The summed E-state index contributed by atoms with van der Waals surface area (Å²) in [5, 5.41) is 3.15. The van der Waals surface area contributed by atoms with E-state index in [0.29, 0.717) is 6.61 Å². The molecular formula is C10H18N2O2S. The summed E-state index contributed by atoms with van der Waals surface area (Å²) in [6, 6.07) is -0.113. The van der Waals surface area contributed by atoms with Crippen LogP contribution in [0.5, 0.6) is 0 Å². The maximum atomic E-state index is 11.8. The highest BCUT2D eigenvalue weighted by Crippen LogP contribution is 2.34. The third-order valence-corrected chi connectivity index (χ3v) is 4.43. The lowest BCUT2D eigenvalue weighted by Gasteiger charge is -2.39. The molecular weight excluding hydrogens is 212 g/mol. The number of carbonyl (C=O) groups is 1. The van der Waals surface area contributed by atoms with Crippen LogP contribution in [0.2, 0.25) is 0 Å². The molecule has 0 bridgehead atoms. The topological polar surface area (TPSA) is 41.6 Å². The van der Waals surface area contributed by atoms with Gasteiger partial charge in [0, 0.05) is 7.11 Å². The summed E-state index contributed by atoms with van der Waals surface area (Å²) in [5.41, 5.74) is -0.0917. The lowest BCUT2D eigenvalue weighted by molar-refractivity contribution is -0.122. The lowest BCUT2D eigenvalue weighted by atomic mass is 10.0. The Labute approximate surface area is 94.7 Å². The molecule has 0 unspecified atom stereocenters. The van der Waals surface area contributed by atoms with Crippen LogP contribution in [0, 0.1) is 0 Å². The van der Waals surface area contributed by atoms with E-state index in [1.807, 2.05) is 18.8 Å². The van der Waals surface area contributed by atoms with Crippen LogP contribution in [-0.4, -0.2) is 54.8 Å². The van der Waals surface area contributed by atoms with Crippen LogP contribution in [0.1, 0.15) is 12.8 Å². The van der Waals surface area contributed by atoms with Gasteiger partial charge in [-0.25, -0.2) is 0 Å². The van der Waals surface area contributed by atoms with Crippen LogP contribution in [0.15, 0.2) is 0 Å². The average Bonchev–Trinajstić information content (AvgIpc) is 2.45. The highest BCUT2D eigenvalue weighted by atomic mass is 32.2. The Balaban J connectivity index is 2.12. The first-order valence-corrected chi connectivity index (χ1v) is 6.47. The maximum Gasteiger partial charge on any atom is 0.241 e. The van der Waals surface area contributed by atoms with Gasteiger partial charge in [-0.2, -0.15) is 11.8 Å². The molecule has 0 radical (unpaired) electrons. The standard InChI is InChI=1S/C10H18N2O2S/c1-12-8(7-14-2)9(13)11-10(12)3-5-15-6-4-10/h8H,3-7H2,1-2H3,(H,11,13)/t8-/m0/s1. The van der Waals surface area contributed by atoms with Gasteiger partial charge in [0.25, 0.3) is 0 Å². The predicted molar refractivity (Wildman–Crippen MR) is 60.9 cm³/mol. The molecule has 0 aromatic heterocycles. The molecule has 2 rings (SSSR count). The second-order valence-electron chi connectivity index (χ2n) is 4.22. The molecule has 2 aliphatic rings. The number of hydrogen-bond donors (Lipinski definition) is 1. The van der Waals surface area contributed by atoms with Crippen molar-refractivity contribution in [2.75, 3.05) is 32.3 Å². The van der Waals surface area contributed by atoms with Gasteiger partial charge in [-0.05, 0) is 31.4 Å². The van der Waals surface area contributed by atoms with Crippen molar-refractivity contribution in [2.24, 2.45) is 0 Å². The lowest BCUT2D eigenvalue weighted by Crippen LogP contribution is -2.53. The zero-order valence-corrected chi connectivity index (χ0v) is 10.1. The second kappa shape index (κ2) is 4.31. The monoisotopic (exact) mass is 230 g/mol. The SMILES string of the molecule is COC[C@H]1C(=O)NC2(CCSCC2)N1C. The highest BCUT2D eigenvalue weighted by Gasteiger charge is 2.49. The Morgan fingerprint density at radius 3 is 2.87 bits per heavy atom. The Morgan fingerprint density at radius 2 is 2.27 bits per heavy atom. The van der Waals surface area contributed by atoms with E-state index in [9.17, 15) is 4.79 Å². The Bertz CT molecular complexity index is 254. The molecule has 2 saturated heterocycles. The fourth-order valence-electron chi connectivity index (χ4n) is 2.41. The molecule has 4 nitrogen and oxygen atoms in total. The summed E-state index contributed by atoms with van der Waals surface area (Å²) in [4.78, 5) is 14.0. The fraction of sp³-hybridized carbons (Fsp3) is 0.900. The Morgan fingerprint density at radius 1 is 1.60 bits per heavy atom. The number of carbonyl (C=O) groups excluding carboxylic acids is 1. The summed E-state index contributed by atoms with van der Waals surface area (Å²) in [6.07, 6.45) is 2.08. The summed E-state index contributed by atoms with van der Waals surface area (Å²) in [6.45, 7) is 0.483. The number of amides is 1. The van der Waals surface area contributed by atoms with Gasteiger partial charge in [-0.3, -0.25) is 9.69 Å². The third kappa shape index (κ3) is 1.88. The molecule has 1 spiro atoms. The smallest absolute Gasteiger partial charge is 0.241 e. The van der Waals surface area contributed by atoms with Crippen molar-refractivity contribution in [2.45, 2.75) is 24.5 Å². The van der Waals surface area contributed by atoms with E-state index in [2.05, 4.69) is 10.2 Å². The zero-order valence-electron chi connectivity index (χ0n) is 9.28. The molecule has 0 aromatic carbocycles. The van der Waals surface area contributed by atoms with Crippen molar-refractivity contribution < 1.29 is 9.53 Å². The molecule has 1 atom stereocenters. The van der Waals surface area contributed by atoms with Crippen molar-refractivity contribution in [3.63, 3.8) is 0 Å². The van der Waals surface area contributed by atoms with Crippen molar-refractivity contribution >= 4 is 17.7 Å². The molecule has 2 fully saturated rings. The van der Waals surface area contributed by atoms with E-state index >= 15 is 0 Å². The number of likely N-dealkylation sites (N-methyl/N-ethyl adjacent to an activating group) is 1. The number of nitrogens with zero attached hydrogens (tertiary/aromatic N) is 1. The first kappa shape index (κ1) is 11.2. The minimum Gasteiger partial charge on any atom is -0.383 e. The van der Waals surface area contributed by atoms with E-state index in [1.54, 1.807) is 7.11 Å². The van der Waals surface area contributed by atoms with Gasteiger partial charge >= 0.3 is 0 Å². The molecule has 1 amide bonds. The number of thioether (sulfide) groups is 1. The van der Waals surface area contributed by atoms with E-state index < -0.39 is 0 Å². The van der Waals surface area contributed by atoms with Crippen molar-refractivity contribution in [1.29, 1.82) is 0 Å². The summed E-state index contributed by atoms with van der Waals surface area (Å²) >= 11 is 1.96.